The lowest BCUT2D eigenvalue weighted by Gasteiger charge is -2.21. The predicted octanol–water partition coefficient (Wildman–Crippen LogP) is 1.71. The van der Waals surface area contributed by atoms with Crippen molar-refractivity contribution in [2.45, 2.75) is 40.0 Å². The molecule has 18 heavy (non-hydrogen) atoms. The summed E-state index contributed by atoms with van der Waals surface area (Å²) in [5, 5.41) is 13.5. The van der Waals surface area contributed by atoms with Crippen molar-refractivity contribution >= 4 is 12.1 Å². The molecule has 0 aromatic rings. The Bertz CT molecular complexity index is 259. The molecule has 0 bridgehead atoms. The summed E-state index contributed by atoms with van der Waals surface area (Å²) in [6.07, 6.45) is 4.19. The van der Waals surface area contributed by atoms with E-state index < -0.39 is 0 Å². The van der Waals surface area contributed by atoms with Gasteiger partial charge in [0.25, 0.3) is 5.91 Å². The first-order valence-electron chi connectivity index (χ1n) is 6.49. The molecule has 1 amide bonds. The van der Waals surface area contributed by atoms with E-state index in [4.69, 9.17) is 5.21 Å². The molecule has 0 atom stereocenters. The molecule has 0 spiro atoms. The molecule has 0 aromatic carbocycles. The van der Waals surface area contributed by atoms with Crippen LogP contribution in [-0.2, 0) is 4.79 Å². The number of carbonyl (C=O) groups is 1. The maximum Gasteiger partial charge on any atom is 0.265 e. The van der Waals surface area contributed by atoms with Crippen molar-refractivity contribution < 1.29 is 10.0 Å². The molecule has 106 valence electrons. The van der Waals surface area contributed by atoms with Crippen LogP contribution in [0.5, 0.6) is 0 Å². The molecule has 5 heteroatoms. The molecule has 0 saturated carbocycles. The molecule has 0 aliphatic carbocycles. The highest BCUT2D eigenvalue weighted by molar-refractivity contribution is 6.25. The van der Waals surface area contributed by atoms with Gasteiger partial charge in [-0.15, -0.1) is 0 Å². The topological polar surface area (TPSA) is 64.9 Å². The number of carbonyl (C=O) groups excluding carboxylic acids is 1. The van der Waals surface area contributed by atoms with Gasteiger partial charge in [0.2, 0.25) is 0 Å². The third-order valence-electron chi connectivity index (χ3n) is 2.66. The SMILES string of the molecule is CN(CCCNC(=O)/C=N\O)CCCC(C)(C)C. The van der Waals surface area contributed by atoms with E-state index in [1.807, 2.05) is 0 Å². The maximum atomic E-state index is 10.9. The fourth-order valence-electron chi connectivity index (χ4n) is 1.65. The Kier molecular flexibility index (Phi) is 8.37. The summed E-state index contributed by atoms with van der Waals surface area (Å²) in [4.78, 5) is 13.2. The number of nitrogens with one attached hydrogen (secondary N) is 1. The van der Waals surface area contributed by atoms with Gasteiger partial charge in [-0.25, -0.2) is 0 Å². The largest absolute Gasteiger partial charge is 0.411 e. The second-order valence-corrected chi connectivity index (χ2v) is 5.86. The van der Waals surface area contributed by atoms with Crippen LogP contribution in [-0.4, -0.2) is 48.9 Å². The first kappa shape index (κ1) is 16.9. The highest BCUT2D eigenvalue weighted by Crippen LogP contribution is 2.20. The summed E-state index contributed by atoms with van der Waals surface area (Å²) in [5.74, 6) is -0.354. The summed E-state index contributed by atoms with van der Waals surface area (Å²) in [6.45, 7) is 9.42. The molecule has 0 heterocycles. The van der Waals surface area contributed by atoms with Gasteiger partial charge in [-0.05, 0) is 44.8 Å². The number of nitrogens with zero attached hydrogens (tertiary/aromatic N) is 2. The van der Waals surface area contributed by atoms with Crippen molar-refractivity contribution in [3.05, 3.63) is 0 Å². The summed E-state index contributed by atoms with van der Waals surface area (Å²) < 4.78 is 0. The Morgan fingerprint density at radius 2 is 1.94 bits per heavy atom. The van der Waals surface area contributed by atoms with Gasteiger partial charge in [0.05, 0.1) is 0 Å². The number of rotatable bonds is 8. The number of oxime groups is 1. The monoisotopic (exact) mass is 257 g/mol. The van der Waals surface area contributed by atoms with Crippen molar-refractivity contribution in [2.24, 2.45) is 10.6 Å². The molecule has 0 unspecified atom stereocenters. The second kappa shape index (κ2) is 8.91. The normalized spacial score (nSPS) is 12.3. The van der Waals surface area contributed by atoms with Gasteiger partial charge in [0.1, 0.15) is 6.21 Å². The van der Waals surface area contributed by atoms with Crippen molar-refractivity contribution in [1.82, 2.24) is 10.2 Å². The van der Waals surface area contributed by atoms with Crippen LogP contribution < -0.4 is 5.32 Å². The zero-order valence-electron chi connectivity index (χ0n) is 12.1. The number of hydrogen-bond donors (Lipinski definition) is 2. The Morgan fingerprint density at radius 1 is 1.33 bits per heavy atom. The minimum Gasteiger partial charge on any atom is -0.411 e. The minimum atomic E-state index is -0.354. The van der Waals surface area contributed by atoms with E-state index in [2.05, 4.69) is 43.2 Å². The van der Waals surface area contributed by atoms with Crippen LogP contribution in [0.25, 0.3) is 0 Å². The first-order valence-corrected chi connectivity index (χ1v) is 6.49. The van der Waals surface area contributed by atoms with Crippen LogP contribution in [0.3, 0.4) is 0 Å². The Hall–Kier alpha value is -1.10. The predicted molar refractivity (Wildman–Crippen MR) is 74.1 cm³/mol. The van der Waals surface area contributed by atoms with Crippen LogP contribution in [0.1, 0.15) is 40.0 Å². The van der Waals surface area contributed by atoms with E-state index in [-0.39, 0.29) is 5.91 Å². The fraction of sp³-hybridized carbons (Fsp3) is 0.846. The standard InChI is InChI=1S/C13H27N3O2/c1-13(2,3)7-5-9-16(4)10-6-8-14-12(17)11-15-18/h11,18H,5-10H2,1-4H3,(H,14,17)/b15-11-. The average Bonchev–Trinajstić information content (AvgIpc) is 2.23. The molecule has 0 fully saturated rings. The number of amides is 1. The Labute approximate surface area is 110 Å². The van der Waals surface area contributed by atoms with Gasteiger partial charge in [0.15, 0.2) is 0 Å². The van der Waals surface area contributed by atoms with E-state index >= 15 is 0 Å². The van der Waals surface area contributed by atoms with E-state index in [1.165, 1.54) is 12.8 Å². The highest BCUT2D eigenvalue weighted by atomic mass is 16.4. The summed E-state index contributed by atoms with van der Waals surface area (Å²) in [7, 11) is 2.10. The molecule has 0 aliphatic rings. The lowest BCUT2D eigenvalue weighted by atomic mass is 9.90. The smallest absolute Gasteiger partial charge is 0.265 e. The Balaban J connectivity index is 3.48. The lowest BCUT2D eigenvalue weighted by Crippen LogP contribution is -2.29. The maximum absolute atomic E-state index is 10.9. The van der Waals surface area contributed by atoms with Crippen LogP contribution in [0.2, 0.25) is 0 Å². The van der Waals surface area contributed by atoms with Crippen LogP contribution in [0, 0.1) is 5.41 Å². The van der Waals surface area contributed by atoms with Crippen LogP contribution in [0.15, 0.2) is 5.16 Å². The van der Waals surface area contributed by atoms with Crippen molar-refractivity contribution in [1.29, 1.82) is 0 Å². The summed E-state index contributed by atoms with van der Waals surface area (Å²) >= 11 is 0. The Morgan fingerprint density at radius 3 is 2.50 bits per heavy atom. The van der Waals surface area contributed by atoms with E-state index in [1.54, 1.807) is 0 Å². The second-order valence-electron chi connectivity index (χ2n) is 5.86. The molecule has 0 saturated heterocycles. The van der Waals surface area contributed by atoms with Gasteiger partial charge in [-0.2, -0.15) is 0 Å². The van der Waals surface area contributed by atoms with E-state index in [0.717, 1.165) is 25.7 Å². The molecule has 0 aliphatic heterocycles. The fourth-order valence-corrected chi connectivity index (χ4v) is 1.65. The third-order valence-corrected chi connectivity index (χ3v) is 2.66. The molecule has 2 N–H and O–H groups in total. The quantitative estimate of drug-likeness (QED) is 0.301. The molecule has 0 radical (unpaired) electrons. The summed E-state index contributed by atoms with van der Waals surface area (Å²) in [6, 6.07) is 0. The average molecular weight is 257 g/mol. The molecular weight excluding hydrogens is 230 g/mol. The molecule has 5 nitrogen and oxygen atoms in total. The summed E-state index contributed by atoms with van der Waals surface area (Å²) in [5.41, 5.74) is 0.401. The third kappa shape index (κ3) is 11.4. The van der Waals surface area contributed by atoms with Gasteiger partial charge in [-0.3, -0.25) is 4.79 Å². The van der Waals surface area contributed by atoms with Gasteiger partial charge in [-0.1, -0.05) is 25.9 Å². The number of hydrogen-bond acceptors (Lipinski definition) is 4. The highest BCUT2D eigenvalue weighted by Gasteiger charge is 2.09. The van der Waals surface area contributed by atoms with E-state index in [9.17, 15) is 4.79 Å². The van der Waals surface area contributed by atoms with Crippen molar-refractivity contribution in [3.63, 3.8) is 0 Å². The molecule has 0 aromatic heterocycles. The van der Waals surface area contributed by atoms with Gasteiger partial charge in [0, 0.05) is 6.54 Å². The zero-order chi connectivity index (χ0) is 14.0. The van der Waals surface area contributed by atoms with Crippen LogP contribution >= 0.6 is 0 Å². The van der Waals surface area contributed by atoms with Crippen LogP contribution in [0.4, 0.5) is 0 Å². The molecular formula is C13H27N3O2. The van der Waals surface area contributed by atoms with Crippen molar-refractivity contribution in [3.8, 4) is 0 Å². The van der Waals surface area contributed by atoms with E-state index in [0.29, 0.717) is 12.0 Å². The van der Waals surface area contributed by atoms with Crippen molar-refractivity contribution in [2.75, 3.05) is 26.7 Å². The molecule has 0 rings (SSSR count). The zero-order valence-corrected chi connectivity index (χ0v) is 12.1. The van der Waals surface area contributed by atoms with Gasteiger partial charge < -0.3 is 15.4 Å². The lowest BCUT2D eigenvalue weighted by molar-refractivity contribution is -0.114. The minimum absolute atomic E-state index is 0.354. The first-order chi connectivity index (χ1) is 8.35. The van der Waals surface area contributed by atoms with Gasteiger partial charge >= 0.3 is 0 Å².